The number of fused-ring (bicyclic) bond motifs is 3. The minimum atomic E-state index is -1.62. The standard InChI is InChI=1S/C23H32O8/c1-11(2)20(26)28-16-10-22(6,30-13(4)24)15-9-8-12(3)17(15)19-18(16)23(7,21(27)29-19)31-14(5)25/h8,11,15-19H,9-10H2,1-7H3/t15-,16+,17?,18-,19+,22+,23+/m1/s1. The van der Waals surface area contributed by atoms with Crippen molar-refractivity contribution in [2.75, 3.05) is 0 Å². The molecule has 1 saturated heterocycles. The summed E-state index contributed by atoms with van der Waals surface area (Å²) in [5, 5.41) is 0. The van der Waals surface area contributed by atoms with Crippen molar-refractivity contribution in [3.05, 3.63) is 11.6 Å². The Bertz CT molecular complexity index is 829. The van der Waals surface area contributed by atoms with Crippen molar-refractivity contribution in [3.63, 3.8) is 0 Å². The summed E-state index contributed by atoms with van der Waals surface area (Å²) in [6.45, 7) is 11.3. The number of carbonyl (C=O) groups excluding carboxylic acids is 4. The van der Waals surface area contributed by atoms with E-state index >= 15 is 0 Å². The van der Waals surface area contributed by atoms with Crippen molar-refractivity contribution in [2.24, 2.45) is 23.7 Å². The quantitative estimate of drug-likeness (QED) is 0.376. The van der Waals surface area contributed by atoms with Gasteiger partial charge in [0, 0.05) is 32.1 Å². The molecule has 0 aromatic rings. The van der Waals surface area contributed by atoms with E-state index in [0.717, 1.165) is 5.57 Å². The predicted octanol–water partition coefficient (Wildman–Crippen LogP) is 2.73. The molecule has 8 nitrogen and oxygen atoms in total. The maximum atomic E-state index is 13.0. The molecule has 0 spiro atoms. The van der Waals surface area contributed by atoms with E-state index in [9.17, 15) is 19.2 Å². The second-order valence-corrected chi connectivity index (χ2v) is 9.65. The van der Waals surface area contributed by atoms with Gasteiger partial charge in [-0.25, -0.2) is 4.79 Å². The van der Waals surface area contributed by atoms with Crippen molar-refractivity contribution in [1.29, 1.82) is 0 Å². The maximum Gasteiger partial charge on any atom is 0.351 e. The van der Waals surface area contributed by atoms with Gasteiger partial charge in [0.05, 0.1) is 11.8 Å². The van der Waals surface area contributed by atoms with Crippen LogP contribution >= 0.6 is 0 Å². The first-order valence-corrected chi connectivity index (χ1v) is 10.8. The largest absolute Gasteiger partial charge is 0.461 e. The van der Waals surface area contributed by atoms with Gasteiger partial charge in [-0.1, -0.05) is 25.5 Å². The molecule has 0 amide bonds. The van der Waals surface area contributed by atoms with E-state index in [1.165, 1.54) is 20.8 Å². The van der Waals surface area contributed by atoms with Crippen LogP contribution in [0.2, 0.25) is 0 Å². The van der Waals surface area contributed by atoms with Crippen molar-refractivity contribution in [3.8, 4) is 0 Å². The van der Waals surface area contributed by atoms with Gasteiger partial charge >= 0.3 is 23.9 Å². The zero-order chi connectivity index (χ0) is 23.3. The topological polar surface area (TPSA) is 105 Å². The highest BCUT2D eigenvalue weighted by Crippen LogP contribution is 2.55. The van der Waals surface area contributed by atoms with Crippen LogP contribution < -0.4 is 0 Å². The number of allylic oxidation sites excluding steroid dienone is 1. The van der Waals surface area contributed by atoms with E-state index < -0.39 is 59.1 Å². The molecule has 3 rings (SSSR count). The molecule has 0 bridgehead atoms. The normalized spacial score (nSPS) is 39.0. The van der Waals surface area contributed by atoms with Crippen LogP contribution in [0, 0.1) is 23.7 Å². The van der Waals surface area contributed by atoms with E-state index in [4.69, 9.17) is 18.9 Å². The highest BCUT2D eigenvalue weighted by atomic mass is 16.6. The van der Waals surface area contributed by atoms with Crippen LogP contribution in [0.25, 0.3) is 0 Å². The minimum absolute atomic E-state index is 0.167. The molecule has 1 heterocycles. The van der Waals surface area contributed by atoms with E-state index in [-0.39, 0.29) is 18.3 Å². The smallest absolute Gasteiger partial charge is 0.351 e. The highest BCUT2D eigenvalue weighted by molar-refractivity contribution is 5.85. The third kappa shape index (κ3) is 3.96. The molecule has 2 aliphatic carbocycles. The van der Waals surface area contributed by atoms with Crippen molar-refractivity contribution < 1.29 is 38.1 Å². The zero-order valence-corrected chi connectivity index (χ0v) is 19.2. The van der Waals surface area contributed by atoms with Gasteiger partial charge in [-0.05, 0) is 27.2 Å². The lowest BCUT2D eigenvalue weighted by Gasteiger charge is -2.39. The first-order valence-electron chi connectivity index (χ1n) is 10.8. The van der Waals surface area contributed by atoms with Crippen LogP contribution in [0.3, 0.4) is 0 Å². The lowest BCUT2D eigenvalue weighted by molar-refractivity contribution is -0.184. The molecular formula is C23H32O8. The summed E-state index contributed by atoms with van der Waals surface area (Å²) in [5.74, 6) is -3.73. The van der Waals surface area contributed by atoms with Crippen LogP contribution in [0.15, 0.2) is 11.6 Å². The molecule has 31 heavy (non-hydrogen) atoms. The summed E-state index contributed by atoms with van der Waals surface area (Å²) in [5.41, 5.74) is -1.57. The second-order valence-electron chi connectivity index (χ2n) is 9.65. The summed E-state index contributed by atoms with van der Waals surface area (Å²) in [4.78, 5) is 49.5. The average Bonchev–Trinajstić information content (AvgIpc) is 3.08. The molecule has 172 valence electrons. The second kappa shape index (κ2) is 7.95. The fourth-order valence-electron chi connectivity index (χ4n) is 5.59. The summed E-state index contributed by atoms with van der Waals surface area (Å²) in [6, 6.07) is 0. The monoisotopic (exact) mass is 436 g/mol. The third-order valence-electron chi connectivity index (χ3n) is 6.91. The molecule has 3 aliphatic rings. The summed E-state index contributed by atoms with van der Waals surface area (Å²) in [7, 11) is 0. The Kier molecular flexibility index (Phi) is 5.97. The van der Waals surface area contributed by atoms with Gasteiger partial charge in [-0.2, -0.15) is 0 Å². The van der Waals surface area contributed by atoms with Gasteiger partial charge in [0.2, 0.25) is 5.60 Å². The highest BCUT2D eigenvalue weighted by Gasteiger charge is 2.68. The van der Waals surface area contributed by atoms with Gasteiger partial charge in [0.1, 0.15) is 17.8 Å². The first-order chi connectivity index (χ1) is 14.3. The lowest BCUT2D eigenvalue weighted by atomic mass is 9.75. The van der Waals surface area contributed by atoms with E-state index in [0.29, 0.717) is 6.42 Å². The number of hydrogen-bond donors (Lipinski definition) is 0. The van der Waals surface area contributed by atoms with E-state index in [1.54, 1.807) is 13.8 Å². The van der Waals surface area contributed by atoms with Gasteiger partial charge in [0.25, 0.3) is 0 Å². The summed E-state index contributed by atoms with van der Waals surface area (Å²) in [6.07, 6.45) is 1.34. The molecule has 1 saturated carbocycles. The van der Waals surface area contributed by atoms with Gasteiger partial charge in [-0.3, -0.25) is 14.4 Å². The molecule has 1 aliphatic heterocycles. The van der Waals surface area contributed by atoms with Gasteiger partial charge < -0.3 is 18.9 Å². The number of hydrogen-bond acceptors (Lipinski definition) is 8. The SMILES string of the molecule is CC(=O)O[C@@]1(C)C[C@H](OC(=O)C(C)C)[C@@H]2[C@@H](OC(=O)[C@@]2(C)OC(C)=O)C2C(C)=CC[C@H]21. The van der Waals surface area contributed by atoms with Crippen LogP contribution in [0.4, 0.5) is 0 Å². The minimum Gasteiger partial charge on any atom is -0.461 e. The summed E-state index contributed by atoms with van der Waals surface area (Å²) < 4.78 is 23.0. The van der Waals surface area contributed by atoms with Crippen LogP contribution in [0.1, 0.15) is 61.3 Å². The molecule has 2 fully saturated rings. The number of esters is 4. The van der Waals surface area contributed by atoms with E-state index in [1.807, 2.05) is 13.8 Å². The molecule has 0 aromatic heterocycles. The van der Waals surface area contributed by atoms with Crippen LogP contribution in [-0.2, 0) is 38.1 Å². The zero-order valence-electron chi connectivity index (χ0n) is 19.2. The first kappa shape index (κ1) is 23.3. The molecular weight excluding hydrogens is 404 g/mol. The van der Waals surface area contributed by atoms with Crippen molar-refractivity contribution >= 4 is 23.9 Å². The molecule has 0 N–H and O–H groups in total. The number of carbonyl (C=O) groups is 4. The van der Waals surface area contributed by atoms with E-state index in [2.05, 4.69) is 6.08 Å². The maximum absolute atomic E-state index is 13.0. The predicted molar refractivity (Wildman–Crippen MR) is 108 cm³/mol. The lowest BCUT2D eigenvalue weighted by Crippen LogP contribution is -2.51. The average molecular weight is 437 g/mol. The van der Waals surface area contributed by atoms with Crippen molar-refractivity contribution in [2.45, 2.75) is 84.7 Å². The Morgan fingerprint density at radius 3 is 2.29 bits per heavy atom. The van der Waals surface area contributed by atoms with Crippen molar-refractivity contribution in [1.82, 2.24) is 0 Å². The Hall–Kier alpha value is -2.38. The van der Waals surface area contributed by atoms with Crippen LogP contribution in [0.5, 0.6) is 0 Å². The Morgan fingerprint density at radius 1 is 1.13 bits per heavy atom. The molecule has 0 radical (unpaired) electrons. The molecule has 8 heteroatoms. The van der Waals surface area contributed by atoms with Gasteiger partial charge in [0.15, 0.2) is 0 Å². The molecule has 0 aromatic carbocycles. The molecule has 1 unspecified atom stereocenters. The molecule has 7 atom stereocenters. The Balaban J connectivity index is 2.15. The Morgan fingerprint density at radius 2 is 1.74 bits per heavy atom. The Labute approximate surface area is 182 Å². The summed E-state index contributed by atoms with van der Waals surface area (Å²) >= 11 is 0. The van der Waals surface area contributed by atoms with Gasteiger partial charge in [-0.15, -0.1) is 0 Å². The third-order valence-corrected chi connectivity index (χ3v) is 6.91. The van der Waals surface area contributed by atoms with Crippen LogP contribution in [-0.4, -0.2) is 47.3 Å². The fraction of sp³-hybridized carbons (Fsp3) is 0.739. The fourth-order valence-corrected chi connectivity index (χ4v) is 5.59. The number of ether oxygens (including phenoxy) is 4. The number of rotatable bonds is 4.